The van der Waals surface area contributed by atoms with Gasteiger partial charge in [0.05, 0.1) is 26.3 Å². The fourth-order valence-electron chi connectivity index (χ4n) is 4.64. The number of ether oxygens (including phenoxy) is 2. The van der Waals surface area contributed by atoms with Gasteiger partial charge in [0.2, 0.25) is 0 Å². The smallest absolute Gasteiger partial charge is 0.337 e. The highest BCUT2D eigenvalue weighted by atomic mass is 16.5. The van der Waals surface area contributed by atoms with E-state index in [0.717, 1.165) is 16.7 Å². The van der Waals surface area contributed by atoms with Crippen LogP contribution in [0.1, 0.15) is 31.8 Å². The summed E-state index contributed by atoms with van der Waals surface area (Å²) in [5.74, 6) is -0.608. The predicted octanol–water partition coefficient (Wildman–Crippen LogP) is 2.84. The maximum atomic E-state index is 13.1. The monoisotopic (exact) mass is 485 g/mol. The topological polar surface area (TPSA) is 114 Å². The summed E-state index contributed by atoms with van der Waals surface area (Å²) in [6, 6.07) is 18.8. The van der Waals surface area contributed by atoms with Crippen molar-refractivity contribution in [2.24, 2.45) is 0 Å². The van der Waals surface area contributed by atoms with Crippen LogP contribution in [-0.4, -0.2) is 49.5 Å². The molecule has 2 heterocycles. The van der Waals surface area contributed by atoms with Gasteiger partial charge in [-0.2, -0.15) is 0 Å². The van der Waals surface area contributed by atoms with Gasteiger partial charge in [-0.05, 0) is 46.5 Å². The molecule has 0 radical (unpaired) electrons. The number of hydrogen-bond donors (Lipinski definition) is 2. The molecule has 2 aliphatic heterocycles. The van der Waals surface area contributed by atoms with Crippen LogP contribution in [0.15, 0.2) is 66.7 Å². The summed E-state index contributed by atoms with van der Waals surface area (Å²) in [5, 5.41) is 5.06. The van der Waals surface area contributed by atoms with Crippen molar-refractivity contribution in [1.29, 1.82) is 0 Å². The minimum absolute atomic E-state index is 0.0342. The first-order chi connectivity index (χ1) is 17.3. The van der Waals surface area contributed by atoms with E-state index in [1.165, 1.54) is 14.2 Å². The third-order valence-electron chi connectivity index (χ3n) is 6.58. The standard InChI is InChI=1S/C27H23N3O6/c1-35-21-12-9-19-14-30(23(31)22(19)13-21)15-27(25(33)28-26(34)29-27)20-10-7-17(8-11-20)16-3-5-18(6-4-16)24(32)36-2/h3-13H,14-15H2,1-2H3,(H2,28,29,33,34)/t27-/m0/s1. The largest absolute Gasteiger partial charge is 0.497 e. The second-order valence-electron chi connectivity index (χ2n) is 8.64. The molecule has 0 spiro atoms. The quantitative estimate of drug-likeness (QED) is 0.410. The molecule has 9 nitrogen and oxygen atoms in total. The number of methoxy groups -OCH3 is 2. The Balaban J connectivity index is 1.44. The minimum atomic E-state index is -1.44. The van der Waals surface area contributed by atoms with Crippen LogP contribution < -0.4 is 15.4 Å². The van der Waals surface area contributed by atoms with Crippen molar-refractivity contribution in [1.82, 2.24) is 15.5 Å². The Hall–Kier alpha value is -4.66. The molecule has 36 heavy (non-hydrogen) atoms. The number of carbonyl (C=O) groups excluding carboxylic acids is 4. The number of urea groups is 1. The Labute approximate surface area is 207 Å². The van der Waals surface area contributed by atoms with E-state index >= 15 is 0 Å². The molecule has 4 amide bonds. The van der Waals surface area contributed by atoms with Gasteiger partial charge in [0, 0.05) is 12.1 Å². The number of nitrogens with one attached hydrogen (secondary N) is 2. The molecular formula is C27H23N3O6. The predicted molar refractivity (Wildman–Crippen MR) is 129 cm³/mol. The van der Waals surface area contributed by atoms with E-state index in [1.54, 1.807) is 53.4 Å². The van der Waals surface area contributed by atoms with E-state index in [2.05, 4.69) is 10.6 Å². The van der Waals surface area contributed by atoms with Crippen LogP contribution in [0, 0.1) is 0 Å². The fourth-order valence-corrected chi connectivity index (χ4v) is 4.64. The molecule has 182 valence electrons. The number of benzene rings is 3. The Morgan fingerprint density at radius 1 is 0.944 bits per heavy atom. The molecule has 3 aromatic carbocycles. The lowest BCUT2D eigenvalue weighted by Gasteiger charge is -2.31. The van der Waals surface area contributed by atoms with Gasteiger partial charge in [-0.1, -0.05) is 42.5 Å². The maximum Gasteiger partial charge on any atom is 0.337 e. The molecule has 9 heteroatoms. The van der Waals surface area contributed by atoms with Crippen molar-refractivity contribution in [2.45, 2.75) is 12.1 Å². The lowest BCUT2D eigenvalue weighted by molar-refractivity contribution is -0.124. The zero-order valence-corrected chi connectivity index (χ0v) is 19.7. The van der Waals surface area contributed by atoms with Crippen LogP contribution in [0.2, 0.25) is 0 Å². The van der Waals surface area contributed by atoms with E-state index < -0.39 is 23.4 Å². The second-order valence-corrected chi connectivity index (χ2v) is 8.64. The Morgan fingerprint density at radius 3 is 2.19 bits per heavy atom. The molecule has 1 fully saturated rings. The summed E-state index contributed by atoms with van der Waals surface area (Å²) in [6.45, 7) is 0.279. The zero-order chi connectivity index (χ0) is 25.4. The van der Waals surface area contributed by atoms with Gasteiger partial charge in [-0.25, -0.2) is 9.59 Å². The molecule has 2 N–H and O–H groups in total. The van der Waals surface area contributed by atoms with Gasteiger partial charge >= 0.3 is 12.0 Å². The van der Waals surface area contributed by atoms with Crippen LogP contribution >= 0.6 is 0 Å². The molecule has 0 saturated carbocycles. The van der Waals surface area contributed by atoms with Gasteiger partial charge in [-0.15, -0.1) is 0 Å². The number of imide groups is 1. The van der Waals surface area contributed by atoms with Crippen molar-refractivity contribution >= 4 is 23.8 Å². The number of carbonyl (C=O) groups is 4. The van der Waals surface area contributed by atoms with Crippen LogP contribution in [0.25, 0.3) is 11.1 Å². The Bertz CT molecular complexity index is 1380. The van der Waals surface area contributed by atoms with Crippen molar-refractivity contribution < 1.29 is 28.7 Å². The first-order valence-electron chi connectivity index (χ1n) is 11.2. The summed E-state index contributed by atoms with van der Waals surface area (Å²) in [4.78, 5) is 51.6. The van der Waals surface area contributed by atoms with Crippen LogP contribution in [0.5, 0.6) is 5.75 Å². The molecule has 0 unspecified atom stereocenters. The van der Waals surface area contributed by atoms with E-state index in [0.29, 0.717) is 29.0 Å². The van der Waals surface area contributed by atoms with E-state index in [9.17, 15) is 19.2 Å². The minimum Gasteiger partial charge on any atom is -0.497 e. The number of hydrogen-bond acceptors (Lipinski definition) is 6. The van der Waals surface area contributed by atoms with E-state index in [4.69, 9.17) is 9.47 Å². The molecule has 0 bridgehead atoms. The van der Waals surface area contributed by atoms with Gasteiger partial charge in [0.15, 0.2) is 5.54 Å². The second kappa shape index (κ2) is 8.84. The van der Waals surface area contributed by atoms with Crippen molar-refractivity contribution in [3.63, 3.8) is 0 Å². The SMILES string of the molecule is COC(=O)c1ccc(-c2ccc([C@]3(CN4Cc5ccc(OC)cc5C4=O)NC(=O)NC3=O)cc2)cc1. The first-order valence-corrected chi connectivity index (χ1v) is 11.2. The zero-order valence-electron chi connectivity index (χ0n) is 19.7. The number of esters is 1. The summed E-state index contributed by atoms with van der Waals surface area (Å²) >= 11 is 0. The number of fused-ring (bicyclic) bond motifs is 1. The molecule has 0 aromatic heterocycles. The Kier molecular flexibility index (Phi) is 5.68. The average Bonchev–Trinajstić information content (AvgIpc) is 3.37. The lowest BCUT2D eigenvalue weighted by Crippen LogP contribution is -2.52. The van der Waals surface area contributed by atoms with E-state index in [1.807, 2.05) is 18.2 Å². The molecule has 1 atom stereocenters. The summed E-state index contributed by atoms with van der Waals surface area (Å²) in [6.07, 6.45) is 0. The highest BCUT2D eigenvalue weighted by molar-refractivity contribution is 6.08. The molecule has 5 rings (SSSR count). The summed E-state index contributed by atoms with van der Waals surface area (Å²) in [5.41, 5.74) is 2.60. The van der Waals surface area contributed by atoms with Crippen molar-refractivity contribution in [3.05, 3.63) is 89.0 Å². The first kappa shape index (κ1) is 23.1. The van der Waals surface area contributed by atoms with E-state index in [-0.39, 0.29) is 12.5 Å². The Morgan fingerprint density at radius 2 is 1.61 bits per heavy atom. The normalized spacial score (nSPS) is 18.5. The van der Waals surface area contributed by atoms with Gasteiger partial charge in [0.1, 0.15) is 5.75 Å². The summed E-state index contributed by atoms with van der Waals surface area (Å²) in [7, 11) is 2.86. The van der Waals surface area contributed by atoms with Crippen LogP contribution in [0.3, 0.4) is 0 Å². The molecule has 1 saturated heterocycles. The molecule has 3 aromatic rings. The fraction of sp³-hybridized carbons (Fsp3) is 0.185. The third kappa shape index (κ3) is 3.84. The number of nitrogens with zero attached hydrogens (tertiary/aromatic N) is 1. The van der Waals surface area contributed by atoms with Crippen molar-refractivity contribution in [2.75, 3.05) is 20.8 Å². The maximum absolute atomic E-state index is 13.1. The van der Waals surface area contributed by atoms with Crippen LogP contribution in [-0.2, 0) is 21.6 Å². The summed E-state index contributed by atoms with van der Waals surface area (Å²) < 4.78 is 9.97. The molecule has 2 aliphatic rings. The van der Waals surface area contributed by atoms with Gasteiger partial charge < -0.3 is 19.7 Å². The number of rotatable bonds is 6. The lowest BCUT2D eigenvalue weighted by atomic mass is 9.88. The van der Waals surface area contributed by atoms with Crippen LogP contribution in [0.4, 0.5) is 4.79 Å². The average molecular weight is 485 g/mol. The van der Waals surface area contributed by atoms with Crippen molar-refractivity contribution in [3.8, 4) is 16.9 Å². The molecular weight excluding hydrogens is 462 g/mol. The molecule has 0 aliphatic carbocycles. The highest BCUT2D eigenvalue weighted by Crippen LogP contribution is 2.33. The van der Waals surface area contributed by atoms with Gasteiger partial charge in [0.25, 0.3) is 11.8 Å². The van der Waals surface area contributed by atoms with Gasteiger partial charge in [-0.3, -0.25) is 14.9 Å². The third-order valence-corrected chi connectivity index (χ3v) is 6.58. The number of amides is 4. The highest BCUT2D eigenvalue weighted by Gasteiger charge is 2.50.